The third-order valence-corrected chi connectivity index (χ3v) is 4.11. The number of carbonyl (C=O) groups is 1. The number of carbonyl (C=O) groups excluding carboxylic acids is 1. The van der Waals surface area contributed by atoms with E-state index >= 15 is 0 Å². The number of rotatable bonds is 5. The van der Waals surface area contributed by atoms with Crippen molar-refractivity contribution in [2.45, 2.75) is 13.5 Å². The molecule has 0 spiro atoms. The first-order valence-corrected chi connectivity index (χ1v) is 8.45. The summed E-state index contributed by atoms with van der Waals surface area (Å²) in [5.41, 5.74) is 2.35. The molecule has 3 heterocycles. The number of furan rings is 1. The van der Waals surface area contributed by atoms with Crippen LogP contribution < -0.4 is 5.32 Å². The van der Waals surface area contributed by atoms with E-state index in [-0.39, 0.29) is 5.91 Å². The molecule has 0 atom stereocenters. The molecule has 1 aromatic carbocycles. The van der Waals surface area contributed by atoms with Crippen LogP contribution >= 0.6 is 0 Å². The molecule has 0 bridgehead atoms. The molecule has 1 N–H and O–H groups in total. The van der Waals surface area contributed by atoms with E-state index in [1.165, 1.54) is 6.33 Å². The Hall–Kier alpha value is -3.74. The lowest BCUT2D eigenvalue weighted by molar-refractivity contribution is 0.0951. The topological polar surface area (TPSA) is 85.8 Å². The Morgan fingerprint density at radius 2 is 2.00 bits per heavy atom. The monoisotopic (exact) mass is 359 g/mol. The molecule has 0 saturated carbocycles. The number of pyridine rings is 1. The Morgan fingerprint density at radius 1 is 1.15 bits per heavy atom. The summed E-state index contributed by atoms with van der Waals surface area (Å²) in [4.78, 5) is 20.7. The van der Waals surface area contributed by atoms with E-state index in [4.69, 9.17) is 4.42 Å². The van der Waals surface area contributed by atoms with E-state index < -0.39 is 0 Å². The molecule has 134 valence electrons. The highest BCUT2D eigenvalue weighted by molar-refractivity contribution is 5.94. The standard InChI is InChI=1S/C20H17N5O2/c1-14-4-9-18(27-14)15-5-7-16(8-6-15)20(26)23-11-17-3-2-10-22-19(17)25-13-21-12-24-25/h2-10,12-13H,11H2,1H3,(H,23,26). The summed E-state index contributed by atoms with van der Waals surface area (Å²) in [5, 5.41) is 7.01. The Labute approximate surface area is 155 Å². The first kappa shape index (κ1) is 16.7. The molecular formula is C20H17N5O2. The molecule has 0 fully saturated rings. The highest BCUT2D eigenvalue weighted by Crippen LogP contribution is 2.22. The summed E-state index contributed by atoms with van der Waals surface area (Å²) in [6.07, 6.45) is 4.69. The van der Waals surface area contributed by atoms with E-state index in [1.807, 2.05) is 43.3 Å². The number of aryl methyl sites for hydroxylation is 1. The number of nitrogens with one attached hydrogen (secondary N) is 1. The molecule has 0 unspecified atom stereocenters. The first-order chi connectivity index (χ1) is 13.2. The van der Waals surface area contributed by atoms with E-state index in [0.29, 0.717) is 17.9 Å². The van der Waals surface area contributed by atoms with Crippen LogP contribution in [0.5, 0.6) is 0 Å². The molecule has 4 rings (SSSR count). The largest absolute Gasteiger partial charge is 0.461 e. The second-order valence-corrected chi connectivity index (χ2v) is 6.00. The van der Waals surface area contributed by atoms with Gasteiger partial charge in [0.05, 0.1) is 0 Å². The van der Waals surface area contributed by atoms with E-state index in [2.05, 4.69) is 20.4 Å². The summed E-state index contributed by atoms with van der Waals surface area (Å²) >= 11 is 0. The molecule has 3 aromatic heterocycles. The van der Waals surface area contributed by atoms with Gasteiger partial charge in [-0.2, -0.15) is 5.10 Å². The molecule has 0 radical (unpaired) electrons. The predicted molar refractivity (Wildman–Crippen MR) is 99.2 cm³/mol. The summed E-state index contributed by atoms with van der Waals surface area (Å²) in [6, 6.07) is 14.9. The third-order valence-electron chi connectivity index (χ3n) is 4.11. The lowest BCUT2D eigenvalue weighted by Crippen LogP contribution is -2.23. The maximum atomic E-state index is 12.5. The minimum atomic E-state index is -0.162. The Morgan fingerprint density at radius 3 is 2.70 bits per heavy atom. The maximum absolute atomic E-state index is 12.5. The van der Waals surface area contributed by atoms with Crippen molar-refractivity contribution in [3.05, 3.63) is 84.3 Å². The zero-order valence-electron chi connectivity index (χ0n) is 14.7. The van der Waals surface area contributed by atoms with Gasteiger partial charge in [-0.15, -0.1) is 0 Å². The van der Waals surface area contributed by atoms with E-state index in [0.717, 1.165) is 22.6 Å². The molecular weight excluding hydrogens is 342 g/mol. The van der Waals surface area contributed by atoms with Crippen LogP contribution in [0.1, 0.15) is 21.7 Å². The van der Waals surface area contributed by atoms with E-state index in [1.54, 1.807) is 29.3 Å². The normalized spacial score (nSPS) is 10.7. The number of amides is 1. The molecule has 0 aliphatic carbocycles. The van der Waals surface area contributed by atoms with Crippen molar-refractivity contribution >= 4 is 5.91 Å². The van der Waals surface area contributed by atoms with Gasteiger partial charge in [0.1, 0.15) is 24.2 Å². The fourth-order valence-electron chi connectivity index (χ4n) is 2.75. The van der Waals surface area contributed by atoms with Gasteiger partial charge >= 0.3 is 0 Å². The molecule has 0 aliphatic heterocycles. The average Bonchev–Trinajstić information content (AvgIpc) is 3.38. The summed E-state index contributed by atoms with van der Waals surface area (Å²) in [6.45, 7) is 2.23. The van der Waals surface area contributed by atoms with Crippen LogP contribution in [0.3, 0.4) is 0 Å². The van der Waals surface area contributed by atoms with Gasteiger partial charge < -0.3 is 9.73 Å². The Balaban J connectivity index is 1.46. The molecule has 7 nitrogen and oxygen atoms in total. The number of benzene rings is 1. The quantitative estimate of drug-likeness (QED) is 0.591. The summed E-state index contributed by atoms with van der Waals surface area (Å²) < 4.78 is 7.17. The SMILES string of the molecule is Cc1ccc(-c2ccc(C(=O)NCc3cccnc3-n3cncn3)cc2)o1. The van der Waals surface area contributed by atoms with Crippen molar-refractivity contribution in [2.75, 3.05) is 0 Å². The molecule has 0 saturated heterocycles. The van der Waals surface area contributed by atoms with Crippen LogP contribution in [-0.4, -0.2) is 25.7 Å². The molecule has 1 amide bonds. The highest BCUT2D eigenvalue weighted by Gasteiger charge is 2.10. The summed E-state index contributed by atoms with van der Waals surface area (Å²) in [5.74, 6) is 2.11. The zero-order valence-corrected chi connectivity index (χ0v) is 14.7. The summed E-state index contributed by atoms with van der Waals surface area (Å²) in [7, 11) is 0. The number of nitrogens with zero attached hydrogens (tertiary/aromatic N) is 4. The first-order valence-electron chi connectivity index (χ1n) is 8.45. The molecule has 27 heavy (non-hydrogen) atoms. The fourth-order valence-corrected chi connectivity index (χ4v) is 2.75. The molecule has 0 aliphatic rings. The second kappa shape index (κ2) is 7.25. The van der Waals surface area contributed by atoms with Crippen molar-refractivity contribution < 1.29 is 9.21 Å². The van der Waals surface area contributed by atoms with Crippen LogP contribution in [0.15, 0.2) is 71.8 Å². The van der Waals surface area contributed by atoms with Crippen LogP contribution in [0.2, 0.25) is 0 Å². The minimum absolute atomic E-state index is 0.162. The number of hydrogen-bond donors (Lipinski definition) is 1. The minimum Gasteiger partial charge on any atom is -0.461 e. The van der Waals surface area contributed by atoms with E-state index in [9.17, 15) is 4.79 Å². The predicted octanol–water partition coefficient (Wildman–Crippen LogP) is 3.16. The van der Waals surface area contributed by atoms with Crippen LogP contribution in [0.4, 0.5) is 0 Å². The van der Waals surface area contributed by atoms with Gasteiger partial charge in [-0.05, 0) is 37.3 Å². The van der Waals surface area contributed by atoms with Crippen molar-refractivity contribution in [1.82, 2.24) is 25.1 Å². The molecule has 4 aromatic rings. The second-order valence-electron chi connectivity index (χ2n) is 6.00. The lowest BCUT2D eigenvalue weighted by Gasteiger charge is -2.09. The van der Waals surface area contributed by atoms with Gasteiger partial charge in [-0.1, -0.05) is 18.2 Å². The van der Waals surface area contributed by atoms with Gasteiger partial charge in [-0.25, -0.2) is 14.6 Å². The van der Waals surface area contributed by atoms with Crippen molar-refractivity contribution in [1.29, 1.82) is 0 Å². The smallest absolute Gasteiger partial charge is 0.251 e. The Bertz CT molecular complexity index is 1050. The van der Waals surface area contributed by atoms with Gasteiger partial charge in [0.15, 0.2) is 5.82 Å². The highest BCUT2D eigenvalue weighted by atomic mass is 16.3. The van der Waals surface area contributed by atoms with Crippen molar-refractivity contribution in [3.8, 4) is 17.1 Å². The van der Waals surface area contributed by atoms with Gasteiger partial charge in [0.25, 0.3) is 5.91 Å². The maximum Gasteiger partial charge on any atom is 0.251 e. The third kappa shape index (κ3) is 3.62. The van der Waals surface area contributed by atoms with Crippen LogP contribution in [0.25, 0.3) is 17.1 Å². The van der Waals surface area contributed by atoms with Crippen LogP contribution in [0, 0.1) is 6.92 Å². The van der Waals surface area contributed by atoms with Crippen molar-refractivity contribution in [3.63, 3.8) is 0 Å². The van der Waals surface area contributed by atoms with Crippen molar-refractivity contribution in [2.24, 2.45) is 0 Å². The lowest BCUT2D eigenvalue weighted by atomic mass is 10.1. The van der Waals surface area contributed by atoms with Gasteiger partial charge in [-0.3, -0.25) is 4.79 Å². The van der Waals surface area contributed by atoms with Gasteiger partial charge in [0.2, 0.25) is 0 Å². The Kier molecular flexibility index (Phi) is 4.49. The van der Waals surface area contributed by atoms with Crippen LogP contribution in [-0.2, 0) is 6.54 Å². The zero-order chi connectivity index (χ0) is 18.6. The average molecular weight is 359 g/mol. The molecule has 7 heteroatoms. The number of hydrogen-bond acceptors (Lipinski definition) is 5. The fraction of sp³-hybridized carbons (Fsp3) is 0.100. The number of aromatic nitrogens is 4. The van der Waals surface area contributed by atoms with Gasteiger partial charge in [0, 0.05) is 29.4 Å².